The third-order valence-electron chi connectivity index (χ3n) is 12.9. The summed E-state index contributed by atoms with van der Waals surface area (Å²) < 4.78 is 9.22. The summed E-state index contributed by atoms with van der Waals surface area (Å²) in [6.45, 7) is 0. The van der Waals surface area contributed by atoms with Crippen LogP contribution in [0.2, 0.25) is 0 Å². The normalized spacial score (nSPS) is 11.5. The molecule has 0 aliphatic carbocycles. The quantitative estimate of drug-likeness (QED) is 0.152. The maximum absolute atomic E-state index is 6.85. The van der Waals surface area contributed by atoms with Gasteiger partial charge in [0.15, 0.2) is 17.5 Å². The second-order valence-corrected chi connectivity index (χ2v) is 16.9. The predicted octanol–water partition coefficient (Wildman–Crippen LogP) is 15.9. The van der Waals surface area contributed by atoms with Crippen LogP contribution in [0.1, 0.15) is 0 Å². The highest BCUT2D eigenvalue weighted by atomic mass is 16.3. The average Bonchev–Trinajstić information content (AvgIpc) is 3.98. The van der Waals surface area contributed by atoms with Crippen molar-refractivity contribution in [3.8, 4) is 84.5 Å². The van der Waals surface area contributed by atoms with Gasteiger partial charge >= 0.3 is 0 Å². The first kappa shape index (κ1) is 39.1. The molecule has 0 unspecified atom stereocenters. The summed E-state index contributed by atoms with van der Waals surface area (Å²) in [5.74, 6) is 1.65. The summed E-state index contributed by atoms with van der Waals surface area (Å²) >= 11 is 0. The van der Waals surface area contributed by atoms with Gasteiger partial charge in [0.05, 0.1) is 22.1 Å². The molecule has 0 atom stereocenters. The molecule has 4 heterocycles. The fraction of sp³-hybridized carbons (Fsp3) is 0. The van der Waals surface area contributed by atoms with Crippen LogP contribution in [0.4, 0.5) is 0 Å². The van der Waals surface area contributed by atoms with Gasteiger partial charge in [-0.05, 0) is 70.3 Å². The number of aromatic nitrogens is 5. The van der Waals surface area contributed by atoms with Gasteiger partial charge in [-0.25, -0.2) is 15.0 Å². The van der Waals surface area contributed by atoms with Crippen molar-refractivity contribution in [3.05, 3.63) is 237 Å². The van der Waals surface area contributed by atoms with Gasteiger partial charge in [0, 0.05) is 55.9 Å². The molecule has 0 fully saturated rings. The molecule has 4 aromatic heterocycles. The third kappa shape index (κ3) is 6.58. The highest BCUT2D eigenvalue weighted by Gasteiger charge is 2.25. The predicted molar refractivity (Wildman–Crippen MR) is 277 cm³/mol. The highest BCUT2D eigenvalue weighted by molar-refractivity contribution is 6.27. The van der Waals surface area contributed by atoms with Crippen molar-refractivity contribution in [3.63, 3.8) is 0 Å². The Bertz CT molecular complexity index is 3880. The van der Waals surface area contributed by atoms with Crippen molar-refractivity contribution in [2.24, 2.45) is 0 Å². The number of nitrogens with zero attached hydrogens (tertiary/aromatic N) is 5. The average molecular weight is 870 g/mol. The first-order valence-corrected chi connectivity index (χ1v) is 22.8. The maximum Gasteiger partial charge on any atom is 0.166 e. The lowest BCUT2D eigenvalue weighted by molar-refractivity contribution is 0.669. The maximum atomic E-state index is 6.85. The van der Waals surface area contributed by atoms with Crippen LogP contribution in [0.3, 0.4) is 0 Å². The van der Waals surface area contributed by atoms with E-state index in [4.69, 9.17) is 24.4 Å². The van der Waals surface area contributed by atoms with Crippen molar-refractivity contribution in [1.82, 2.24) is 24.5 Å². The Morgan fingerprint density at radius 2 is 0.868 bits per heavy atom. The SMILES string of the molecule is c1ccc(-c2nc(-c3ccccc3)nc(-c3cc(-c4c(-c5ccccc5)cccc4-c4ccccc4)cnc3-c3cccc4oc5ccc6c7ccccc7n(-c7ccccc7)c6c5c34)n2)cc1. The smallest absolute Gasteiger partial charge is 0.166 e. The largest absolute Gasteiger partial charge is 0.456 e. The number of furan rings is 1. The standard InChI is InChI=1S/C62H39N5O/c1-6-20-40(21-7-1)46-31-18-32-47(41-22-8-2-9-23-41)55(46)44-38-51(62-65-60(42-24-10-3-11-25-42)64-61(66-62)43-26-12-4-13-27-43)58(63-39-44)50-33-19-35-53-56(50)57-54(68-53)37-36-49-48-30-16-17-34-52(48)67(59(49)57)45-28-14-5-15-29-45/h1-39H. The van der Waals surface area contributed by atoms with E-state index in [9.17, 15) is 0 Å². The van der Waals surface area contributed by atoms with Crippen LogP contribution in [-0.4, -0.2) is 24.5 Å². The minimum absolute atomic E-state index is 0.508. The van der Waals surface area contributed by atoms with Crippen molar-refractivity contribution in [1.29, 1.82) is 0 Å². The van der Waals surface area contributed by atoms with E-state index >= 15 is 0 Å². The van der Waals surface area contributed by atoms with Crippen molar-refractivity contribution >= 4 is 43.7 Å². The van der Waals surface area contributed by atoms with Gasteiger partial charge in [0.25, 0.3) is 0 Å². The second kappa shape index (κ2) is 16.3. The number of pyridine rings is 1. The zero-order valence-electron chi connectivity index (χ0n) is 36.7. The van der Waals surface area contributed by atoms with Gasteiger partial charge in [-0.2, -0.15) is 0 Å². The molecule has 0 aliphatic heterocycles. The lowest BCUT2D eigenvalue weighted by Crippen LogP contribution is -2.02. The summed E-state index contributed by atoms with van der Waals surface area (Å²) in [5, 5.41) is 4.28. The molecule has 68 heavy (non-hydrogen) atoms. The molecular weight excluding hydrogens is 831 g/mol. The monoisotopic (exact) mass is 869 g/mol. The highest BCUT2D eigenvalue weighted by Crippen LogP contribution is 2.47. The number of rotatable bonds is 8. The van der Waals surface area contributed by atoms with Crippen LogP contribution in [0.15, 0.2) is 241 Å². The van der Waals surface area contributed by atoms with Crippen LogP contribution < -0.4 is 0 Å². The van der Waals surface area contributed by atoms with E-state index in [1.54, 1.807) is 0 Å². The Labute approximate surface area is 392 Å². The summed E-state index contributed by atoms with van der Waals surface area (Å²) in [7, 11) is 0. The Balaban J connectivity index is 1.15. The van der Waals surface area contributed by atoms with Crippen LogP contribution in [-0.2, 0) is 0 Å². The van der Waals surface area contributed by atoms with E-state index in [0.717, 1.165) is 105 Å². The Kier molecular flexibility index (Phi) is 9.39. The van der Waals surface area contributed by atoms with Crippen LogP contribution in [0.5, 0.6) is 0 Å². The first-order valence-electron chi connectivity index (χ1n) is 22.8. The summed E-state index contributed by atoms with van der Waals surface area (Å²) in [6.07, 6.45) is 2.02. The minimum atomic E-state index is 0.508. The van der Waals surface area contributed by atoms with Crippen molar-refractivity contribution in [2.75, 3.05) is 0 Å². The van der Waals surface area contributed by atoms with Gasteiger partial charge in [-0.3, -0.25) is 4.98 Å². The molecule has 318 valence electrons. The van der Waals surface area contributed by atoms with E-state index < -0.39 is 0 Å². The molecule has 0 spiro atoms. The fourth-order valence-corrected chi connectivity index (χ4v) is 9.90. The Morgan fingerprint density at radius 1 is 0.353 bits per heavy atom. The van der Waals surface area contributed by atoms with Crippen LogP contribution in [0, 0.1) is 0 Å². The minimum Gasteiger partial charge on any atom is -0.456 e. The van der Waals surface area contributed by atoms with Gasteiger partial charge in [-0.1, -0.05) is 188 Å². The number of fused-ring (bicyclic) bond motifs is 7. The molecule has 0 saturated heterocycles. The molecule has 6 heteroatoms. The van der Waals surface area contributed by atoms with E-state index in [1.165, 1.54) is 5.39 Å². The number of hydrogen-bond acceptors (Lipinski definition) is 5. The number of hydrogen-bond donors (Lipinski definition) is 0. The summed E-state index contributed by atoms with van der Waals surface area (Å²) in [5.41, 5.74) is 15.4. The Hall–Kier alpha value is -9.26. The van der Waals surface area contributed by atoms with E-state index in [2.05, 4.69) is 174 Å². The van der Waals surface area contributed by atoms with E-state index in [0.29, 0.717) is 17.5 Å². The zero-order chi connectivity index (χ0) is 45.0. The third-order valence-corrected chi connectivity index (χ3v) is 12.9. The molecule has 0 radical (unpaired) electrons. The fourth-order valence-electron chi connectivity index (χ4n) is 9.90. The van der Waals surface area contributed by atoms with E-state index in [1.807, 2.05) is 66.9 Å². The summed E-state index contributed by atoms with van der Waals surface area (Å²) in [6, 6.07) is 79.9. The molecular formula is C62H39N5O. The molecule has 13 rings (SSSR count). The second-order valence-electron chi connectivity index (χ2n) is 16.9. The van der Waals surface area contributed by atoms with Crippen LogP contribution in [0.25, 0.3) is 128 Å². The molecule has 0 amide bonds. The van der Waals surface area contributed by atoms with Crippen molar-refractivity contribution in [2.45, 2.75) is 0 Å². The van der Waals surface area contributed by atoms with Gasteiger partial charge in [0.1, 0.15) is 11.2 Å². The Morgan fingerprint density at radius 3 is 1.50 bits per heavy atom. The van der Waals surface area contributed by atoms with Crippen molar-refractivity contribution < 1.29 is 4.42 Å². The first-order chi connectivity index (χ1) is 33.7. The zero-order valence-corrected chi connectivity index (χ0v) is 36.7. The molecule has 0 aliphatic rings. The number of para-hydroxylation sites is 2. The van der Waals surface area contributed by atoms with Crippen LogP contribution >= 0.6 is 0 Å². The molecule has 0 bridgehead atoms. The molecule has 6 nitrogen and oxygen atoms in total. The number of benzene rings is 9. The van der Waals surface area contributed by atoms with Gasteiger partial charge in [-0.15, -0.1) is 0 Å². The van der Waals surface area contributed by atoms with Gasteiger partial charge < -0.3 is 8.98 Å². The van der Waals surface area contributed by atoms with Gasteiger partial charge in [0.2, 0.25) is 0 Å². The lowest BCUT2D eigenvalue weighted by Gasteiger charge is -2.18. The molecule has 0 saturated carbocycles. The topological polar surface area (TPSA) is 69.6 Å². The molecule has 9 aromatic carbocycles. The summed E-state index contributed by atoms with van der Waals surface area (Å²) in [4.78, 5) is 21.4. The van der Waals surface area contributed by atoms with E-state index in [-0.39, 0.29) is 0 Å². The molecule has 13 aromatic rings. The lowest BCUT2D eigenvalue weighted by atomic mass is 9.87. The molecule has 0 N–H and O–H groups in total.